The van der Waals surface area contributed by atoms with Gasteiger partial charge in [0.25, 0.3) is 0 Å². The van der Waals surface area contributed by atoms with Crippen LogP contribution in [0.25, 0.3) is 0 Å². The van der Waals surface area contributed by atoms with Crippen LogP contribution in [-0.2, 0) is 24.5 Å². The van der Waals surface area contributed by atoms with Gasteiger partial charge in [-0.1, -0.05) is 38.1 Å². The van der Waals surface area contributed by atoms with Crippen LogP contribution < -0.4 is 5.73 Å². The molecule has 0 aliphatic carbocycles. The zero-order valence-electron chi connectivity index (χ0n) is 14.0. The van der Waals surface area contributed by atoms with E-state index >= 15 is 0 Å². The fourth-order valence-electron chi connectivity index (χ4n) is 3.16. The molecule has 0 aromatic heterocycles. The first-order valence-electron chi connectivity index (χ1n) is 8.07. The van der Waals surface area contributed by atoms with Crippen molar-refractivity contribution in [2.45, 2.75) is 38.5 Å². The highest BCUT2D eigenvalue weighted by molar-refractivity contribution is 5.87. The lowest BCUT2D eigenvalue weighted by atomic mass is 9.78. The molecule has 1 aromatic carbocycles. The summed E-state index contributed by atoms with van der Waals surface area (Å²) >= 11 is 0. The van der Waals surface area contributed by atoms with Gasteiger partial charge >= 0.3 is 5.97 Å². The predicted octanol–water partition coefficient (Wildman–Crippen LogP) is 2.13. The number of hydrogen-bond acceptors (Lipinski definition) is 4. The molecule has 2 atom stereocenters. The zero-order valence-corrected chi connectivity index (χ0v) is 14.0. The number of esters is 1. The van der Waals surface area contributed by atoms with Crippen molar-refractivity contribution in [3.63, 3.8) is 0 Å². The number of amides is 1. The molecule has 1 amide bonds. The highest BCUT2D eigenvalue weighted by Gasteiger charge is 2.42. The third-order valence-corrected chi connectivity index (χ3v) is 4.52. The third-order valence-electron chi connectivity index (χ3n) is 4.52. The molecular formula is C18H25NO4. The van der Waals surface area contributed by atoms with E-state index in [2.05, 4.69) is 0 Å². The van der Waals surface area contributed by atoms with Crippen LogP contribution in [0.3, 0.4) is 0 Å². The van der Waals surface area contributed by atoms with Crippen LogP contribution >= 0.6 is 0 Å². The smallest absolute Gasteiger partial charge is 0.313 e. The summed E-state index contributed by atoms with van der Waals surface area (Å²) in [6, 6.07) is 7.53. The maximum Gasteiger partial charge on any atom is 0.313 e. The molecule has 1 heterocycles. The van der Waals surface area contributed by atoms with E-state index < -0.39 is 5.41 Å². The molecule has 1 aliphatic heterocycles. The second kappa shape index (κ2) is 7.13. The van der Waals surface area contributed by atoms with Crippen LogP contribution in [0, 0.1) is 5.92 Å². The number of benzene rings is 1. The van der Waals surface area contributed by atoms with Crippen LogP contribution in [0.5, 0.6) is 0 Å². The van der Waals surface area contributed by atoms with Crippen molar-refractivity contribution < 1.29 is 19.1 Å². The Balaban J connectivity index is 2.30. The van der Waals surface area contributed by atoms with Gasteiger partial charge in [-0.05, 0) is 30.4 Å². The summed E-state index contributed by atoms with van der Waals surface area (Å²) in [6.45, 7) is 6.99. The van der Waals surface area contributed by atoms with Gasteiger partial charge in [0.1, 0.15) is 0 Å². The van der Waals surface area contributed by atoms with Gasteiger partial charge in [0.05, 0.1) is 24.5 Å². The van der Waals surface area contributed by atoms with E-state index in [0.717, 1.165) is 11.1 Å². The highest BCUT2D eigenvalue weighted by atomic mass is 16.5. The minimum atomic E-state index is -0.754. The lowest BCUT2D eigenvalue weighted by molar-refractivity contribution is -0.146. The van der Waals surface area contributed by atoms with Crippen molar-refractivity contribution in [3.05, 3.63) is 35.4 Å². The fourth-order valence-corrected chi connectivity index (χ4v) is 3.16. The van der Waals surface area contributed by atoms with Gasteiger partial charge in [0, 0.05) is 6.61 Å². The molecule has 0 bridgehead atoms. The Bertz CT molecular complexity index is 559. The summed E-state index contributed by atoms with van der Waals surface area (Å²) in [5, 5.41) is 0. The van der Waals surface area contributed by atoms with E-state index in [9.17, 15) is 9.59 Å². The fraction of sp³-hybridized carbons (Fsp3) is 0.556. The molecule has 126 valence electrons. The molecule has 2 rings (SSSR count). The molecule has 5 nitrogen and oxygen atoms in total. The van der Waals surface area contributed by atoms with Crippen molar-refractivity contribution >= 4 is 11.9 Å². The SMILES string of the molecule is CCOC(=O)C(c1ccc(C2(C(N)=O)CCOC2)cc1)C(C)C. The monoisotopic (exact) mass is 319 g/mol. The van der Waals surface area contributed by atoms with E-state index in [1.54, 1.807) is 6.92 Å². The molecule has 2 N–H and O–H groups in total. The molecule has 23 heavy (non-hydrogen) atoms. The number of nitrogens with two attached hydrogens (primary N) is 1. The summed E-state index contributed by atoms with van der Waals surface area (Å²) in [5.74, 6) is -0.772. The molecule has 0 saturated carbocycles. The zero-order chi connectivity index (χ0) is 17.0. The molecular weight excluding hydrogens is 294 g/mol. The average Bonchev–Trinajstić information content (AvgIpc) is 2.99. The van der Waals surface area contributed by atoms with Crippen LogP contribution in [-0.4, -0.2) is 31.7 Å². The standard InChI is InChI=1S/C18H25NO4/c1-4-23-16(20)15(12(2)3)13-5-7-14(8-6-13)18(17(19)21)9-10-22-11-18/h5-8,12,15H,4,9-11H2,1-3H3,(H2,19,21). The summed E-state index contributed by atoms with van der Waals surface area (Å²) < 4.78 is 10.6. The van der Waals surface area contributed by atoms with E-state index in [4.69, 9.17) is 15.2 Å². The average molecular weight is 319 g/mol. The topological polar surface area (TPSA) is 78.6 Å². The first-order valence-corrected chi connectivity index (χ1v) is 8.07. The summed E-state index contributed by atoms with van der Waals surface area (Å²) in [7, 11) is 0. The lowest BCUT2D eigenvalue weighted by Gasteiger charge is -2.25. The van der Waals surface area contributed by atoms with E-state index in [-0.39, 0.29) is 23.7 Å². The molecule has 0 spiro atoms. The maximum absolute atomic E-state index is 12.2. The van der Waals surface area contributed by atoms with Gasteiger partial charge in [-0.25, -0.2) is 0 Å². The Morgan fingerprint density at radius 2 is 1.96 bits per heavy atom. The first-order chi connectivity index (χ1) is 10.9. The third kappa shape index (κ3) is 3.39. The molecule has 0 radical (unpaired) electrons. The highest BCUT2D eigenvalue weighted by Crippen LogP contribution is 2.34. The van der Waals surface area contributed by atoms with Gasteiger partial charge in [-0.2, -0.15) is 0 Å². The van der Waals surface area contributed by atoms with Gasteiger partial charge in [-0.3, -0.25) is 9.59 Å². The predicted molar refractivity (Wildman–Crippen MR) is 87.0 cm³/mol. The van der Waals surface area contributed by atoms with Crippen molar-refractivity contribution in [2.24, 2.45) is 11.7 Å². The maximum atomic E-state index is 12.2. The Morgan fingerprint density at radius 3 is 2.39 bits per heavy atom. The van der Waals surface area contributed by atoms with Crippen LogP contribution in [0.2, 0.25) is 0 Å². The normalized spacial score (nSPS) is 22.1. The van der Waals surface area contributed by atoms with Crippen LogP contribution in [0.1, 0.15) is 44.2 Å². The number of carbonyl (C=O) groups is 2. The van der Waals surface area contributed by atoms with E-state index in [0.29, 0.717) is 26.2 Å². The Kier molecular flexibility index (Phi) is 5.42. The van der Waals surface area contributed by atoms with Gasteiger partial charge < -0.3 is 15.2 Å². The van der Waals surface area contributed by atoms with Crippen LogP contribution in [0.15, 0.2) is 24.3 Å². The van der Waals surface area contributed by atoms with E-state index in [1.165, 1.54) is 0 Å². The molecule has 2 unspecified atom stereocenters. The van der Waals surface area contributed by atoms with Crippen LogP contribution in [0.4, 0.5) is 0 Å². The number of hydrogen-bond donors (Lipinski definition) is 1. The van der Waals surface area contributed by atoms with Crippen molar-refractivity contribution in [2.75, 3.05) is 19.8 Å². The quantitative estimate of drug-likeness (QED) is 0.815. The van der Waals surface area contributed by atoms with Gasteiger partial charge in [-0.15, -0.1) is 0 Å². The Hall–Kier alpha value is -1.88. The number of ether oxygens (including phenoxy) is 2. The minimum absolute atomic E-state index is 0.125. The molecule has 1 saturated heterocycles. The largest absolute Gasteiger partial charge is 0.466 e. The Labute approximate surface area is 137 Å². The summed E-state index contributed by atoms with van der Waals surface area (Å²) in [4.78, 5) is 24.1. The minimum Gasteiger partial charge on any atom is -0.466 e. The Morgan fingerprint density at radius 1 is 1.30 bits per heavy atom. The van der Waals surface area contributed by atoms with Crippen molar-refractivity contribution in [3.8, 4) is 0 Å². The second-order valence-corrected chi connectivity index (χ2v) is 6.34. The molecule has 1 fully saturated rings. The number of carbonyl (C=O) groups excluding carboxylic acids is 2. The van der Waals surface area contributed by atoms with E-state index in [1.807, 2.05) is 38.1 Å². The summed E-state index contributed by atoms with van der Waals surface area (Å²) in [5.41, 5.74) is 6.59. The summed E-state index contributed by atoms with van der Waals surface area (Å²) in [6.07, 6.45) is 0.590. The number of primary amides is 1. The lowest BCUT2D eigenvalue weighted by Crippen LogP contribution is -2.41. The van der Waals surface area contributed by atoms with Gasteiger partial charge in [0.2, 0.25) is 5.91 Å². The molecule has 1 aliphatic rings. The van der Waals surface area contributed by atoms with Crippen molar-refractivity contribution in [1.29, 1.82) is 0 Å². The van der Waals surface area contributed by atoms with Crippen molar-refractivity contribution in [1.82, 2.24) is 0 Å². The molecule has 5 heteroatoms. The number of rotatable bonds is 6. The second-order valence-electron chi connectivity index (χ2n) is 6.34. The first kappa shape index (κ1) is 17.5. The van der Waals surface area contributed by atoms with Gasteiger partial charge in [0.15, 0.2) is 0 Å². The molecule has 1 aromatic rings.